The monoisotopic (exact) mass is 368 g/mol. The summed E-state index contributed by atoms with van der Waals surface area (Å²) in [6.07, 6.45) is 3.88. The van der Waals surface area contributed by atoms with Gasteiger partial charge in [-0.15, -0.1) is 6.42 Å². The number of carbonyl (C=O) groups is 1. The van der Waals surface area contributed by atoms with E-state index in [4.69, 9.17) is 15.6 Å². The molecule has 2 rings (SSSR count). The van der Waals surface area contributed by atoms with E-state index < -0.39 is 44.7 Å². The topological polar surface area (TPSA) is 91.1 Å². The van der Waals surface area contributed by atoms with Crippen molar-refractivity contribution in [2.24, 2.45) is 9.36 Å². The van der Waals surface area contributed by atoms with Crippen LogP contribution in [0.2, 0.25) is 0 Å². The molecule has 0 spiro atoms. The summed E-state index contributed by atoms with van der Waals surface area (Å²) in [6.45, 7) is 1.29. The molecule has 0 fully saturated rings. The SMILES string of the molecule is [2H]C([2H])([2H])N=[S@@]1(=O)C[C@@](C)(c2cc(C#C)ccc2F)N=C(NC(=O)O)C1(C)C. The molecule has 0 saturated carbocycles. The lowest BCUT2D eigenvalue weighted by Crippen LogP contribution is -2.57. The van der Waals surface area contributed by atoms with Crippen LogP contribution < -0.4 is 5.32 Å². The Morgan fingerprint density at radius 3 is 2.80 bits per heavy atom. The summed E-state index contributed by atoms with van der Waals surface area (Å²) in [5, 5.41) is 11.2. The maximum absolute atomic E-state index is 14.6. The van der Waals surface area contributed by atoms with E-state index >= 15 is 0 Å². The third kappa shape index (κ3) is 3.12. The number of halogens is 1. The number of amides is 1. The molecular formula is C17H20FN3O3S. The molecule has 0 unspecified atom stereocenters. The molecule has 1 amide bonds. The van der Waals surface area contributed by atoms with E-state index in [1.807, 2.05) is 0 Å². The summed E-state index contributed by atoms with van der Waals surface area (Å²) in [5.41, 5.74) is -1.25. The second-order valence-corrected chi connectivity index (χ2v) is 9.16. The van der Waals surface area contributed by atoms with Crippen molar-refractivity contribution in [1.82, 2.24) is 5.32 Å². The van der Waals surface area contributed by atoms with Crippen molar-refractivity contribution < 1.29 is 22.6 Å². The van der Waals surface area contributed by atoms with Gasteiger partial charge in [0.05, 0.1) is 15.5 Å². The lowest BCUT2D eigenvalue weighted by atomic mass is 9.92. The molecule has 1 aliphatic rings. The highest BCUT2D eigenvalue weighted by atomic mass is 32.2. The van der Waals surface area contributed by atoms with Crippen LogP contribution in [0.25, 0.3) is 0 Å². The van der Waals surface area contributed by atoms with Gasteiger partial charge in [-0.3, -0.25) is 10.3 Å². The number of benzene rings is 1. The van der Waals surface area contributed by atoms with Crippen molar-refractivity contribution in [3.8, 4) is 12.3 Å². The van der Waals surface area contributed by atoms with Gasteiger partial charge in [-0.05, 0) is 39.0 Å². The molecule has 25 heavy (non-hydrogen) atoms. The number of nitrogens with one attached hydrogen (secondary N) is 1. The first-order chi connectivity index (χ1) is 12.6. The standard InChI is InChI=1S/C17H20FN3O3S/c1-6-11-7-8-13(18)12(9-11)17(4)10-25(24,19-5)16(2,3)14(21-17)20-15(22)23/h1,7-9H,10H2,2-5H3,(H,20,21)(H,22,23)/t17-,25+/m0/s1/i5D3. The van der Waals surface area contributed by atoms with E-state index in [-0.39, 0.29) is 11.4 Å². The number of carboxylic acid groups (broad SMARTS) is 1. The van der Waals surface area contributed by atoms with Crippen molar-refractivity contribution in [2.45, 2.75) is 31.1 Å². The highest BCUT2D eigenvalue weighted by Gasteiger charge is 2.49. The summed E-state index contributed by atoms with van der Waals surface area (Å²) in [7, 11) is -3.63. The zero-order chi connectivity index (χ0) is 21.5. The smallest absolute Gasteiger partial charge is 0.410 e. The summed E-state index contributed by atoms with van der Waals surface area (Å²) in [4.78, 5) is 15.6. The van der Waals surface area contributed by atoms with Crippen LogP contribution in [-0.2, 0) is 15.3 Å². The Labute approximate surface area is 150 Å². The maximum atomic E-state index is 14.6. The number of aliphatic imine (C=N–C) groups is 1. The van der Waals surface area contributed by atoms with Crippen LogP contribution >= 0.6 is 0 Å². The Morgan fingerprint density at radius 1 is 1.56 bits per heavy atom. The van der Waals surface area contributed by atoms with Gasteiger partial charge in [0.2, 0.25) is 0 Å². The van der Waals surface area contributed by atoms with Crippen LogP contribution in [0.15, 0.2) is 27.6 Å². The molecule has 134 valence electrons. The zero-order valence-corrected chi connectivity index (χ0v) is 14.8. The molecule has 1 aromatic rings. The highest BCUT2D eigenvalue weighted by Crippen LogP contribution is 2.39. The average molecular weight is 368 g/mol. The molecule has 0 bridgehead atoms. The fraction of sp³-hybridized carbons (Fsp3) is 0.412. The number of terminal acetylenes is 1. The minimum atomic E-state index is -3.63. The van der Waals surface area contributed by atoms with Gasteiger partial charge in [0, 0.05) is 22.2 Å². The van der Waals surface area contributed by atoms with Crippen LogP contribution in [0.1, 0.15) is 36.0 Å². The van der Waals surface area contributed by atoms with E-state index in [1.165, 1.54) is 32.9 Å². The Balaban J connectivity index is 2.86. The molecule has 2 N–H and O–H groups in total. The number of rotatable bonds is 1. The molecule has 0 aromatic heterocycles. The van der Waals surface area contributed by atoms with Gasteiger partial charge in [0.15, 0.2) is 0 Å². The first-order valence-electron chi connectivity index (χ1n) is 8.76. The molecule has 0 aliphatic carbocycles. The van der Waals surface area contributed by atoms with Crippen LogP contribution in [0.4, 0.5) is 9.18 Å². The Morgan fingerprint density at radius 2 is 2.24 bits per heavy atom. The van der Waals surface area contributed by atoms with Crippen LogP contribution in [-0.4, -0.2) is 38.7 Å². The van der Waals surface area contributed by atoms with Crippen LogP contribution in [0.3, 0.4) is 0 Å². The Bertz CT molecular complexity index is 1020. The van der Waals surface area contributed by atoms with Gasteiger partial charge < -0.3 is 5.11 Å². The van der Waals surface area contributed by atoms with Gasteiger partial charge >= 0.3 is 6.09 Å². The quantitative estimate of drug-likeness (QED) is 0.747. The van der Waals surface area contributed by atoms with Crippen LogP contribution in [0.5, 0.6) is 0 Å². The largest absolute Gasteiger partial charge is 0.465 e. The van der Waals surface area contributed by atoms with Gasteiger partial charge in [-0.25, -0.2) is 17.8 Å². The molecule has 8 heteroatoms. The Kier molecular flexibility index (Phi) is 3.67. The molecule has 1 aliphatic heterocycles. The zero-order valence-electron chi connectivity index (χ0n) is 17.0. The van der Waals surface area contributed by atoms with Crippen molar-refractivity contribution in [3.63, 3.8) is 0 Å². The molecule has 2 atom stereocenters. The average Bonchev–Trinajstić information content (AvgIpc) is 2.51. The van der Waals surface area contributed by atoms with Crippen molar-refractivity contribution in [3.05, 3.63) is 35.1 Å². The normalized spacial score (nSPS) is 30.0. The lowest BCUT2D eigenvalue weighted by molar-refractivity contribution is 0.199. The number of amidine groups is 1. The van der Waals surface area contributed by atoms with Crippen LogP contribution in [0, 0.1) is 18.2 Å². The second kappa shape index (κ2) is 6.15. The number of nitrogens with zero attached hydrogens (tertiary/aromatic N) is 2. The first kappa shape index (κ1) is 14.9. The molecule has 1 aromatic carbocycles. The van der Waals surface area contributed by atoms with E-state index in [0.29, 0.717) is 5.56 Å². The van der Waals surface area contributed by atoms with Crippen molar-refractivity contribution >= 4 is 21.7 Å². The van der Waals surface area contributed by atoms with E-state index in [1.54, 1.807) is 0 Å². The summed E-state index contributed by atoms with van der Waals surface area (Å²) in [5.74, 6) is 0.965. The van der Waals surface area contributed by atoms with E-state index in [2.05, 4.69) is 20.6 Å². The molecule has 6 nitrogen and oxygen atoms in total. The molecule has 0 saturated heterocycles. The van der Waals surface area contributed by atoms with E-state index in [0.717, 1.165) is 6.07 Å². The molecular weight excluding hydrogens is 345 g/mol. The first-order valence-corrected chi connectivity index (χ1v) is 8.94. The Hall–Kier alpha value is -2.40. The maximum Gasteiger partial charge on any atom is 0.410 e. The van der Waals surface area contributed by atoms with Gasteiger partial charge in [-0.2, -0.15) is 0 Å². The fourth-order valence-electron chi connectivity index (χ4n) is 2.72. The predicted molar refractivity (Wildman–Crippen MR) is 95.7 cm³/mol. The number of hydrogen-bond donors (Lipinski definition) is 2. The highest BCUT2D eigenvalue weighted by molar-refractivity contribution is 7.95. The third-order valence-corrected chi connectivity index (χ3v) is 7.33. The second-order valence-electron chi connectivity index (χ2n) is 6.39. The van der Waals surface area contributed by atoms with Gasteiger partial charge in [0.1, 0.15) is 21.9 Å². The van der Waals surface area contributed by atoms with Crippen molar-refractivity contribution in [2.75, 3.05) is 12.7 Å². The summed E-state index contributed by atoms with van der Waals surface area (Å²) >= 11 is 0. The summed E-state index contributed by atoms with van der Waals surface area (Å²) in [6, 6.07) is 3.84. The fourth-order valence-corrected chi connectivity index (χ4v) is 4.75. The van der Waals surface area contributed by atoms with Gasteiger partial charge in [0.25, 0.3) is 0 Å². The van der Waals surface area contributed by atoms with Gasteiger partial charge in [-0.1, -0.05) is 5.92 Å². The minimum Gasteiger partial charge on any atom is -0.465 e. The number of hydrogen-bond acceptors (Lipinski definition) is 4. The summed E-state index contributed by atoms with van der Waals surface area (Å²) < 4.78 is 52.6. The third-order valence-electron chi connectivity index (χ3n) is 4.29. The lowest BCUT2D eigenvalue weighted by Gasteiger charge is -2.41. The minimum absolute atomic E-state index is 0.0309. The van der Waals surface area contributed by atoms with E-state index in [9.17, 15) is 13.4 Å². The molecule has 0 radical (unpaired) electrons. The predicted octanol–water partition coefficient (Wildman–Crippen LogP) is 2.58. The van der Waals surface area contributed by atoms with Crippen molar-refractivity contribution in [1.29, 1.82) is 0 Å². The molecule has 1 heterocycles.